The number of thiazole rings is 1. The molecule has 3 N–H and O–H groups in total. The Hall–Kier alpha value is -1.10. The number of rotatable bonds is 3. The van der Waals surface area contributed by atoms with Gasteiger partial charge in [0.25, 0.3) is 0 Å². The highest BCUT2D eigenvalue weighted by Gasteiger charge is 2.47. The number of nitrogen functional groups attached to an aromatic ring is 1. The molecule has 1 aliphatic heterocycles. The Balaban J connectivity index is 2.16. The summed E-state index contributed by atoms with van der Waals surface area (Å²) in [7, 11) is 0. The third-order valence-corrected chi connectivity index (χ3v) is 3.89. The lowest BCUT2D eigenvalue weighted by molar-refractivity contribution is -0.384. The van der Waals surface area contributed by atoms with E-state index in [1.807, 2.05) is 12.3 Å². The maximum Gasteiger partial charge on any atom is 0.329 e. The van der Waals surface area contributed by atoms with Crippen LogP contribution in [0.25, 0.3) is 0 Å². The average molecular weight is 255 g/mol. The number of cyclic esters (lactones) is 1. The van der Waals surface area contributed by atoms with Crippen molar-refractivity contribution in [1.82, 2.24) is 0 Å². The molecule has 0 amide bonds. The zero-order valence-electron chi connectivity index (χ0n) is 10.4. The van der Waals surface area contributed by atoms with Crippen LogP contribution in [-0.2, 0) is 15.1 Å². The highest BCUT2D eigenvalue weighted by Crippen LogP contribution is 2.40. The molecule has 2 heterocycles. The van der Waals surface area contributed by atoms with Crippen LogP contribution in [-0.4, -0.2) is 5.97 Å². The Bertz CT molecular complexity index is 430. The topological polar surface area (TPSA) is 66.5 Å². The first-order chi connectivity index (χ1) is 7.90. The molecule has 1 aromatic rings. The van der Waals surface area contributed by atoms with Crippen LogP contribution in [0.1, 0.15) is 39.3 Å². The molecule has 5 heteroatoms. The molecule has 4 nitrogen and oxygen atoms in total. The molecule has 1 aromatic heterocycles. The number of carbonyl (C=O) groups is 1. The second-order valence-electron chi connectivity index (χ2n) is 5.32. The fraction of sp³-hybridized carbons (Fsp3) is 0.667. The van der Waals surface area contributed by atoms with Gasteiger partial charge in [-0.25, -0.2) is 4.98 Å². The Morgan fingerprint density at radius 1 is 1.71 bits per heavy atom. The van der Waals surface area contributed by atoms with Crippen LogP contribution >= 0.6 is 11.3 Å². The van der Waals surface area contributed by atoms with E-state index in [4.69, 9.17) is 10.5 Å². The van der Waals surface area contributed by atoms with Gasteiger partial charge in [0, 0.05) is 11.8 Å². The van der Waals surface area contributed by atoms with Crippen molar-refractivity contribution in [3.63, 3.8) is 0 Å². The van der Waals surface area contributed by atoms with Crippen LogP contribution in [0.3, 0.4) is 0 Å². The molecule has 17 heavy (non-hydrogen) atoms. The second kappa shape index (κ2) is 4.29. The number of aromatic nitrogens is 1. The number of hydrogen-bond donors (Lipinski definition) is 1. The van der Waals surface area contributed by atoms with Crippen molar-refractivity contribution in [2.75, 3.05) is 5.73 Å². The van der Waals surface area contributed by atoms with Crippen molar-refractivity contribution in [3.8, 4) is 0 Å². The number of H-pyrrole nitrogens is 1. The van der Waals surface area contributed by atoms with E-state index in [0.717, 1.165) is 18.5 Å². The third-order valence-electron chi connectivity index (χ3n) is 3.18. The van der Waals surface area contributed by atoms with E-state index in [0.29, 0.717) is 11.0 Å². The fourth-order valence-electron chi connectivity index (χ4n) is 2.38. The molecule has 1 fully saturated rings. The summed E-state index contributed by atoms with van der Waals surface area (Å²) in [4.78, 5) is 14.9. The van der Waals surface area contributed by atoms with Gasteiger partial charge in [0.05, 0.1) is 5.92 Å². The second-order valence-corrected chi connectivity index (χ2v) is 6.23. The van der Waals surface area contributed by atoms with Gasteiger partial charge in [-0.15, -0.1) is 0 Å². The van der Waals surface area contributed by atoms with Crippen molar-refractivity contribution < 1.29 is 14.5 Å². The monoisotopic (exact) mass is 255 g/mol. The molecule has 0 aliphatic carbocycles. The molecule has 0 radical (unpaired) electrons. The van der Waals surface area contributed by atoms with Gasteiger partial charge in [-0.1, -0.05) is 25.2 Å². The van der Waals surface area contributed by atoms with Crippen LogP contribution in [0.5, 0.6) is 0 Å². The van der Waals surface area contributed by atoms with Crippen molar-refractivity contribution in [2.24, 2.45) is 11.8 Å². The summed E-state index contributed by atoms with van der Waals surface area (Å²) in [6.45, 7) is 6.19. The van der Waals surface area contributed by atoms with Crippen LogP contribution in [0, 0.1) is 11.8 Å². The van der Waals surface area contributed by atoms with E-state index in [-0.39, 0.29) is 11.9 Å². The Morgan fingerprint density at radius 3 is 2.94 bits per heavy atom. The lowest BCUT2D eigenvalue weighted by Gasteiger charge is -2.18. The van der Waals surface area contributed by atoms with E-state index in [2.05, 4.69) is 18.8 Å². The molecular weight excluding hydrogens is 236 g/mol. The van der Waals surface area contributed by atoms with Crippen LogP contribution in [0.2, 0.25) is 0 Å². The molecule has 0 aromatic carbocycles. The minimum atomic E-state index is -0.537. The predicted octanol–water partition coefficient (Wildman–Crippen LogP) is 1.97. The molecule has 94 valence electrons. The molecule has 0 spiro atoms. The third kappa shape index (κ3) is 2.44. The lowest BCUT2D eigenvalue weighted by Crippen LogP contribution is -2.28. The summed E-state index contributed by atoms with van der Waals surface area (Å²) < 4.78 is 5.54. The Morgan fingerprint density at radius 2 is 2.41 bits per heavy atom. The largest absolute Gasteiger partial charge is 0.450 e. The number of esters is 1. The summed E-state index contributed by atoms with van der Waals surface area (Å²) in [6, 6.07) is 0. The zero-order chi connectivity index (χ0) is 12.6. The summed E-state index contributed by atoms with van der Waals surface area (Å²) in [5.41, 5.74) is 6.04. The molecule has 2 unspecified atom stereocenters. The normalized spacial score (nSPS) is 28.7. The number of hydrogen-bond acceptors (Lipinski definition) is 4. The van der Waals surface area contributed by atoms with Gasteiger partial charge in [0.2, 0.25) is 0 Å². The summed E-state index contributed by atoms with van der Waals surface area (Å²) in [5.74, 6) is 0.431. The van der Waals surface area contributed by atoms with Crippen molar-refractivity contribution in [3.05, 3.63) is 11.1 Å². The van der Waals surface area contributed by atoms with Gasteiger partial charge >= 0.3 is 11.1 Å². The first-order valence-electron chi connectivity index (χ1n) is 5.90. The van der Waals surface area contributed by atoms with Gasteiger partial charge in [0.15, 0.2) is 11.3 Å². The van der Waals surface area contributed by atoms with Crippen LogP contribution in [0.4, 0.5) is 5.13 Å². The van der Waals surface area contributed by atoms with E-state index in [9.17, 15) is 4.79 Å². The van der Waals surface area contributed by atoms with Gasteiger partial charge in [-0.2, -0.15) is 0 Å². The SMILES string of the molecule is CC(C)CC1CC(C)(c2csc(N)[nH+]2)OC1=O. The molecule has 1 aliphatic rings. The van der Waals surface area contributed by atoms with Gasteiger partial charge in [0.1, 0.15) is 0 Å². The van der Waals surface area contributed by atoms with E-state index in [1.54, 1.807) is 0 Å². The highest BCUT2D eigenvalue weighted by molar-refractivity contribution is 7.13. The molecule has 2 atom stereocenters. The van der Waals surface area contributed by atoms with E-state index in [1.165, 1.54) is 11.3 Å². The van der Waals surface area contributed by atoms with Gasteiger partial charge in [-0.05, 0) is 19.3 Å². The first kappa shape index (κ1) is 12.4. The van der Waals surface area contributed by atoms with Crippen molar-refractivity contribution in [1.29, 1.82) is 0 Å². The summed E-state index contributed by atoms with van der Waals surface area (Å²) in [6.07, 6.45) is 1.62. The van der Waals surface area contributed by atoms with E-state index >= 15 is 0 Å². The molecule has 0 bridgehead atoms. The Kier molecular flexibility index (Phi) is 3.12. The lowest BCUT2D eigenvalue weighted by atomic mass is 9.88. The molecule has 2 rings (SSSR count). The predicted molar refractivity (Wildman–Crippen MR) is 66.3 cm³/mol. The average Bonchev–Trinajstić information content (AvgIpc) is 2.73. The number of ether oxygens (including phenoxy) is 1. The smallest absolute Gasteiger partial charge is 0.329 e. The standard InChI is InChI=1S/C12H18N2O2S/c1-7(2)4-8-5-12(3,16-10(8)15)9-6-17-11(13)14-9/h6-8H,4-5H2,1-3H3,(H2,13,14)/p+1. The van der Waals surface area contributed by atoms with Gasteiger partial charge in [-0.3, -0.25) is 10.5 Å². The molecule has 0 saturated carbocycles. The number of nitrogens with two attached hydrogens (primary N) is 1. The minimum Gasteiger partial charge on any atom is -0.450 e. The maximum atomic E-state index is 11.8. The fourth-order valence-corrected chi connectivity index (χ4v) is 3.11. The number of aromatic amines is 1. The highest BCUT2D eigenvalue weighted by atomic mass is 32.1. The van der Waals surface area contributed by atoms with Crippen LogP contribution < -0.4 is 10.7 Å². The first-order valence-corrected chi connectivity index (χ1v) is 6.78. The number of anilines is 1. The Labute approximate surface area is 105 Å². The molecular formula is C12H19N2O2S+. The molecule has 1 saturated heterocycles. The quantitative estimate of drug-likeness (QED) is 0.840. The van der Waals surface area contributed by atoms with Crippen molar-refractivity contribution in [2.45, 2.75) is 39.2 Å². The summed E-state index contributed by atoms with van der Waals surface area (Å²) in [5, 5.41) is 2.57. The zero-order valence-corrected chi connectivity index (χ0v) is 11.3. The van der Waals surface area contributed by atoms with E-state index < -0.39 is 5.60 Å². The number of carbonyl (C=O) groups excluding carboxylic acids is 1. The van der Waals surface area contributed by atoms with Gasteiger partial charge < -0.3 is 4.74 Å². The maximum absolute atomic E-state index is 11.8. The number of nitrogens with one attached hydrogen (secondary N) is 1. The minimum absolute atomic E-state index is 0.00882. The van der Waals surface area contributed by atoms with Crippen molar-refractivity contribution >= 4 is 22.4 Å². The van der Waals surface area contributed by atoms with Crippen LogP contribution in [0.15, 0.2) is 5.38 Å². The summed E-state index contributed by atoms with van der Waals surface area (Å²) >= 11 is 1.44.